The smallest absolute Gasteiger partial charge is 0.0615 e. The molecule has 8 nitrogen and oxygen atoms in total. The number of halogens is 2. The molecular weight excluding hydrogens is 563 g/mol. The van der Waals surface area contributed by atoms with Crippen molar-refractivity contribution < 1.29 is 19.9 Å². The molecule has 2 fully saturated rings. The minimum absolute atomic E-state index is 0. The number of ether oxygens (including phenoxy) is 2. The third kappa shape index (κ3) is 9.40. The van der Waals surface area contributed by atoms with Crippen molar-refractivity contribution >= 4 is 36.2 Å². The van der Waals surface area contributed by atoms with Crippen LogP contribution in [-0.2, 0) is 28.7 Å². The summed E-state index contributed by atoms with van der Waals surface area (Å²) in [5.41, 5.74) is 9.29. The Hall–Kier alpha value is -2.20. The van der Waals surface area contributed by atoms with Crippen molar-refractivity contribution in [2.75, 3.05) is 65.7 Å². The Labute approximate surface area is 256 Å². The molecule has 0 saturated carbocycles. The van der Waals surface area contributed by atoms with Gasteiger partial charge in [-0.3, -0.25) is 9.80 Å². The highest BCUT2D eigenvalue weighted by Crippen LogP contribution is 2.37. The molecule has 2 aromatic rings. The molecule has 41 heavy (non-hydrogen) atoms. The molecule has 2 aliphatic heterocycles. The van der Waals surface area contributed by atoms with Crippen LogP contribution in [0.4, 0.5) is 0 Å². The fourth-order valence-corrected chi connectivity index (χ4v) is 6.02. The Morgan fingerprint density at radius 3 is 1.46 bits per heavy atom. The highest BCUT2D eigenvalue weighted by atomic mass is 35.5. The van der Waals surface area contributed by atoms with Crippen molar-refractivity contribution in [1.82, 2.24) is 9.80 Å². The Balaban J connectivity index is 0.00000231. The molecule has 2 saturated heterocycles. The third-order valence-electron chi connectivity index (χ3n) is 8.20. The molecule has 5 rings (SSSR count). The maximum Gasteiger partial charge on any atom is 0.0615 e. The van der Waals surface area contributed by atoms with Crippen molar-refractivity contribution in [3.05, 3.63) is 58.7 Å². The number of morpholine rings is 2. The lowest BCUT2D eigenvalue weighted by atomic mass is 9.98. The van der Waals surface area contributed by atoms with E-state index in [0.29, 0.717) is 12.8 Å². The number of benzene rings is 2. The van der Waals surface area contributed by atoms with Crippen LogP contribution in [0.15, 0.2) is 46.7 Å². The largest absolute Gasteiger partial charge is 0.411 e. The minimum atomic E-state index is 0. The summed E-state index contributed by atoms with van der Waals surface area (Å²) in [6.45, 7) is 9.22. The number of rotatable bonds is 12. The van der Waals surface area contributed by atoms with E-state index in [4.69, 9.17) is 9.47 Å². The van der Waals surface area contributed by atoms with Crippen molar-refractivity contribution in [3.8, 4) is 11.1 Å². The van der Waals surface area contributed by atoms with Crippen LogP contribution in [-0.4, -0.2) is 97.3 Å². The van der Waals surface area contributed by atoms with Crippen molar-refractivity contribution in [1.29, 1.82) is 0 Å². The van der Waals surface area contributed by atoms with E-state index in [1.165, 1.54) is 33.4 Å². The number of nitrogens with zero attached hydrogens (tertiary/aromatic N) is 4. The standard InChI is InChI=1S/C31H42N4O4.2ClH/c36-32-28(3-1-9-34-11-15-38-16-12-34)21-24-5-7-30-26(19-24)23-27-20-25(6-8-31(27)30)22-29(33-37)4-2-10-35-13-17-39-18-14-35;;/h5-8,19-20,36-37H,1-4,9-18,21-23H2;2*1H. The highest BCUT2D eigenvalue weighted by molar-refractivity contribution is 5.88. The lowest BCUT2D eigenvalue weighted by Crippen LogP contribution is -2.37. The van der Waals surface area contributed by atoms with Crippen LogP contribution < -0.4 is 0 Å². The summed E-state index contributed by atoms with van der Waals surface area (Å²) in [6, 6.07) is 13.3. The Morgan fingerprint density at radius 1 is 0.659 bits per heavy atom. The summed E-state index contributed by atoms with van der Waals surface area (Å²) in [4.78, 5) is 4.83. The first-order chi connectivity index (χ1) is 19.2. The maximum atomic E-state index is 9.62. The monoisotopic (exact) mass is 606 g/mol. The quantitative estimate of drug-likeness (QED) is 0.170. The van der Waals surface area contributed by atoms with Gasteiger partial charge in [0.05, 0.1) is 37.9 Å². The Kier molecular flexibility index (Phi) is 13.8. The molecule has 0 atom stereocenters. The normalized spacial score (nSPS) is 17.9. The van der Waals surface area contributed by atoms with E-state index in [0.717, 1.165) is 109 Å². The third-order valence-corrected chi connectivity index (χ3v) is 8.20. The molecule has 226 valence electrons. The van der Waals surface area contributed by atoms with Gasteiger partial charge in [0.1, 0.15) is 0 Å². The molecule has 0 aromatic heterocycles. The molecule has 3 aliphatic rings. The van der Waals surface area contributed by atoms with Crippen molar-refractivity contribution in [2.45, 2.75) is 44.9 Å². The van der Waals surface area contributed by atoms with Crippen LogP contribution >= 0.6 is 24.8 Å². The average Bonchev–Trinajstić information content (AvgIpc) is 3.34. The van der Waals surface area contributed by atoms with Gasteiger partial charge in [0, 0.05) is 39.0 Å². The number of hydrogen-bond acceptors (Lipinski definition) is 8. The van der Waals surface area contributed by atoms with Gasteiger partial charge in [-0.05, 0) is 78.6 Å². The maximum absolute atomic E-state index is 9.62. The lowest BCUT2D eigenvalue weighted by Gasteiger charge is -2.26. The predicted molar refractivity (Wildman–Crippen MR) is 168 cm³/mol. The summed E-state index contributed by atoms with van der Waals surface area (Å²) < 4.78 is 10.8. The van der Waals surface area contributed by atoms with E-state index in [9.17, 15) is 10.4 Å². The second kappa shape index (κ2) is 17.0. The first-order valence-electron chi connectivity index (χ1n) is 14.5. The molecular formula is C31H44Cl2N4O4. The van der Waals surface area contributed by atoms with Crippen LogP contribution in [0.3, 0.4) is 0 Å². The van der Waals surface area contributed by atoms with E-state index in [-0.39, 0.29) is 24.8 Å². The van der Waals surface area contributed by atoms with Gasteiger partial charge >= 0.3 is 0 Å². The van der Waals surface area contributed by atoms with Crippen LogP contribution in [0.1, 0.15) is 47.9 Å². The highest BCUT2D eigenvalue weighted by Gasteiger charge is 2.20. The summed E-state index contributed by atoms with van der Waals surface area (Å²) in [6.07, 6.45) is 5.84. The zero-order chi connectivity index (χ0) is 26.9. The van der Waals surface area contributed by atoms with Crippen LogP contribution in [0, 0.1) is 0 Å². The fourth-order valence-electron chi connectivity index (χ4n) is 6.02. The van der Waals surface area contributed by atoms with Gasteiger partial charge in [-0.1, -0.05) is 46.7 Å². The van der Waals surface area contributed by atoms with Gasteiger partial charge in [0.15, 0.2) is 0 Å². The van der Waals surface area contributed by atoms with E-state index < -0.39 is 0 Å². The van der Waals surface area contributed by atoms with Crippen LogP contribution in [0.2, 0.25) is 0 Å². The number of fused-ring (bicyclic) bond motifs is 3. The number of oxime groups is 2. The SMILES string of the molecule is Cl.Cl.ON=C(CCCN1CCOCC1)Cc1ccc2c(c1)Cc1cc(CC(CCCN3CCOCC3)=NO)ccc1-2. The number of hydrogen-bond donors (Lipinski definition) is 2. The van der Waals surface area contributed by atoms with Gasteiger partial charge in [-0.25, -0.2) is 0 Å². The van der Waals surface area contributed by atoms with Gasteiger partial charge < -0.3 is 19.9 Å². The van der Waals surface area contributed by atoms with Crippen molar-refractivity contribution in [3.63, 3.8) is 0 Å². The summed E-state index contributed by atoms with van der Waals surface area (Å²) in [5.74, 6) is 0. The van der Waals surface area contributed by atoms with E-state index in [1.54, 1.807) is 0 Å². The van der Waals surface area contributed by atoms with Gasteiger partial charge in [-0.15, -0.1) is 24.8 Å². The molecule has 1 aliphatic carbocycles. The summed E-state index contributed by atoms with van der Waals surface area (Å²) >= 11 is 0. The van der Waals surface area contributed by atoms with E-state index >= 15 is 0 Å². The molecule has 0 unspecified atom stereocenters. The Morgan fingerprint density at radius 2 is 1.07 bits per heavy atom. The second-order valence-corrected chi connectivity index (χ2v) is 11.0. The van der Waals surface area contributed by atoms with Crippen LogP contribution in [0.5, 0.6) is 0 Å². The molecule has 0 spiro atoms. The van der Waals surface area contributed by atoms with Gasteiger partial charge in [0.25, 0.3) is 0 Å². The molecule has 0 radical (unpaired) electrons. The molecule has 2 heterocycles. The zero-order valence-electron chi connectivity index (χ0n) is 23.8. The summed E-state index contributed by atoms with van der Waals surface area (Å²) in [5, 5.41) is 26.5. The summed E-state index contributed by atoms with van der Waals surface area (Å²) in [7, 11) is 0. The fraction of sp³-hybridized carbons (Fsp3) is 0.548. The molecule has 10 heteroatoms. The van der Waals surface area contributed by atoms with Crippen LogP contribution in [0.25, 0.3) is 11.1 Å². The second-order valence-electron chi connectivity index (χ2n) is 11.0. The molecule has 0 bridgehead atoms. The van der Waals surface area contributed by atoms with E-state index in [2.05, 4.69) is 56.5 Å². The minimum Gasteiger partial charge on any atom is -0.411 e. The first-order valence-corrected chi connectivity index (χ1v) is 14.5. The Bertz CT molecular complexity index is 1080. The average molecular weight is 608 g/mol. The zero-order valence-corrected chi connectivity index (χ0v) is 25.4. The van der Waals surface area contributed by atoms with E-state index in [1.807, 2.05) is 0 Å². The van der Waals surface area contributed by atoms with Gasteiger partial charge in [0.2, 0.25) is 0 Å². The molecule has 2 aromatic carbocycles. The topological polar surface area (TPSA) is 90.1 Å². The predicted octanol–water partition coefficient (Wildman–Crippen LogP) is 5.07. The first kappa shape index (κ1) is 33.3. The van der Waals surface area contributed by atoms with Gasteiger partial charge in [-0.2, -0.15) is 0 Å². The molecule has 0 amide bonds. The lowest BCUT2D eigenvalue weighted by molar-refractivity contribution is 0.0376. The van der Waals surface area contributed by atoms with Crippen molar-refractivity contribution in [2.24, 2.45) is 10.3 Å². The molecule has 2 N–H and O–H groups in total.